The molecule has 1 atom stereocenters. The number of hydrogen-bond donors (Lipinski definition) is 3. The van der Waals surface area contributed by atoms with E-state index >= 15 is 0 Å². The summed E-state index contributed by atoms with van der Waals surface area (Å²) >= 11 is 0. The summed E-state index contributed by atoms with van der Waals surface area (Å²) in [6, 6.07) is 7.11. The average Bonchev–Trinajstić information content (AvgIpc) is 3.24. The van der Waals surface area contributed by atoms with Gasteiger partial charge in [0.1, 0.15) is 11.0 Å². The van der Waals surface area contributed by atoms with Crippen molar-refractivity contribution >= 4 is 28.7 Å². The molecule has 2 fully saturated rings. The molecule has 4 N–H and O–H groups in total. The first kappa shape index (κ1) is 23.1. The number of amides is 3. The molecule has 2 aliphatic rings. The summed E-state index contributed by atoms with van der Waals surface area (Å²) in [7, 11) is 0.840. The molecule has 1 unspecified atom stereocenters. The maximum absolute atomic E-state index is 12.9. The summed E-state index contributed by atoms with van der Waals surface area (Å²) in [4.78, 5) is 37.2. The van der Waals surface area contributed by atoms with E-state index in [-0.39, 0.29) is 24.1 Å². The highest BCUT2D eigenvalue weighted by atomic mass is 32.2. The van der Waals surface area contributed by atoms with Crippen LogP contribution in [0.1, 0.15) is 10.5 Å². The van der Waals surface area contributed by atoms with Crippen LogP contribution in [0.2, 0.25) is 0 Å². The Balaban J connectivity index is 1.40. The first-order chi connectivity index (χ1) is 15.9. The quantitative estimate of drug-likeness (QED) is 0.505. The lowest BCUT2D eigenvalue weighted by molar-refractivity contribution is 0.0946. The van der Waals surface area contributed by atoms with Crippen molar-refractivity contribution in [2.24, 2.45) is 0 Å². The summed E-state index contributed by atoms with van der Waals surface area (Å²) < 4.78 is 14.8. The van der Waals surface area contributed by atoms with Crippen LogP contribution in [0.3, 0.4) is 0 Å². The van der Waals surface area contributed by atoms with E-state index in [1.165, 1.54) is 6.20 Å². The van der Waals surface area contributed by atoms with E-state index in [2.05, 4.69) is 32.5 Å². The molecular formula is C21H28N8O3S. The molecule has 2 aromatic rings. The Morgan fingerprint density at radius 3 is 2.58 bits per heavy atom. The van der Waals surface area contributed by atoms with Crippen molar-refractivity contribution in [3.8, 4) is 11.3 Å². The minimum absolute atomic E-state index is 0.0305. The fourth-order valence-electron chi connectivity index (χ4n) is 3.66. The Kier molecular flexibility index (Phi) is 7.16. The largest absolute Gasteiger partial charge is 0.382 e. The second-order valence-corrected chi connectivity index (χ2v) is 9.46. The molecule has 1 aromatic heterocycles. The zero-order valence-corrected chi connectivity index (χ0v) is 19.3. The molecule has 4 rings (SSSR count). The number of nitrogens with two attached hydrogens (primary N) is 1. The van der Waals surface area contributed by atoms with Gasteiger partial charge in [-0.15, -0.1) is 0 Å². The van der Waals surface area contributed by atoms with Gasteiger partial charge in [0.05, 0.1) is 16.8 Å². The first-order valence-corrected chi connectivity index (χ1v) is 11.9. The zero-order chi connectivity index (χ0) is 23.4. The second-order valence-electron chi connectivity index (χ2n) is 7.97. The minimum atomic E-state index is -1.22. The SMILES string of the molecule is CN1CCN(S(=O)c2ccc(-c3cnc(N)c(C(=O)NCCN4CCNC4=O)n3)cc2)CC1. The lowest BCUT2D eigenvalue weighted by Gasteiger charge is -2.31. The van der Waals surface area contributed by atoms with Crippen LogP contribution in [0.15, 0.2) is 35.4 Å². The van der Waals surface area contributed by atoms with Gasteiger partial charge in [-0.2, -0.15) is 0 Å². The molecule has 0 bridgehead atoms. The van der Waals surface area contributed by atoms with Crippen molar-refractivity contribution in [3.63, 3.8) is 0 Å². The average molecular weight is 473 g/mol. The molecule has 0 aliphatic carbocycles. The molecule has 0 radical (unpaired) electrons. The number of likely N-dealkylation sites (N-methyl/N-ethyl adjacent to an activating group) is 1. The third kappa shape index (κ3) is 5.46. The van der Waals surface area contributed by atoms with E-state index in [0.29, 0.717) is 25.3 Å². The number of piperazine rings is 1. The Morgan fingerprint density at radius 2 is 1.91 bits per heavy atom. The number of nitrogens with zero attached hydrogens (tertiary/aromatic N) is 5. The molecule has 3 heterocycles. The minimum Gasteiger partial charge on any atom is -0.382 e. The van der Waals surface area contributed by atoms with E-state index in [1.54, 1.807) is 4.90 Å². The number of rotatable bonds is 7. The lowest BCUT2D eigenvalue weighted by Crippen LogP contribution is -2.45. The van der Waals surface area contributed by atoms with Gasteiger partial charge in [-0.25, -0.2) is 23.3 Å². The maximum Gasteiger partial charge on any atom is 0.317 e. The number of hydrogen-bond acceptors (Lipinski definition) is 7. The van der Waals surface area contributed by atoms with Gasteiger partial charge in [-0.3, -0.25) is 4.79 Å². The smallest absolute Gasteiger partial charge is 0.317 e. The molecule has 0 saturated carbocycles. The van der Waals surface area contributed by atoms with Crippen LogP contribution in [0.5, 0.6) is 0 Å². The number of benzene rings is 1. The number of urea groups is 1. The number of nitrogen functional groups attached to an aromatic ring is 1. The molecule has 1 aromatic carbocycles. The van der Waals surface area contributed by atoms with Crippen LogP contribution in [0.25, 0.3) is 11.3 Å². The highest BCUT2D eigenvalue weighted by Gasteiger charge is 2.21. The van der Waals surface area contributed by atoms with Crippen molar-refractivity contribution in [1.29, 1.82) is 0 Å². The van der Waals surface area contributed by atoms with Crippen molar-refractivity contribution in [2.45, 2.75) is 4.90 Å². The normalized spacial score (nSPS) is 18.2. The van der Waals surface area contributed by atoms with Crippen LogP contribution >= 0.6 is 0 Å². The molecular weight excluding hydrogens is 444 g/mol. The monoisotopic (exact) mass is 472 g/mol. The standard InChI is InChI=1S/C21H28N8O3S/c1-27-10-12-29(13-11-27)33(32)16-4-2-15(3-5-16)17-14-25-19(22)18(26-17)20(30)23-6-8-28-9-7-24-21(28)31/h2-5,14H,6-13H2,1H3,(H2,22,25)(H,23,30)(H,24,31). The van der Waals surface area contributed by atoms with Crippen LogP contribution in [0.4, 0.5) is 10.6 Å². The molecule has 33 heavy (non-hydrogen) atoms. The molecule has 3 amide bonds. The van der Waals surface area contributed by atoms with Crippen LogP contribution in [0, 0.1) is 0 Å². The number of carbonyl (C=O) groups is 2. The molecule has 176 valence electrons. The van der Waals surface area contributed by atoms with Gasteiger partial charge in [-0.1, -0.05) is 12.1 Å². The van der Waals surface area contributed by atoms with Gasteiger partial charge in [0.15, 0.2) is 11.5 Å². The van der Waals surface area contributed by atoms with Crippen LogP contribution < -0.4 is 16.4 Å². The zero-order valence-electron chi connectivity index (χ0n) is 18.5. The van der Waals surface area contributed by atoms with Crippen molar-refractivity contribution < 1.29 is 13.8 Å². The Labute approximate surface area is 194 Å². The Morgan fingerprint density at radius 1 is 1.18 bits per heavy atom. The highest BCUT2D eigenvalue weighted by molar-refractivity contribution is 7.82. The van der Waals surface area contributed by atoms with Gasteiger partial charge in [0, 0.05) is 57.9 Å². The maximum atomic E-state index is 12.9. The van der Waals surface area contributed by atoms with Gasteiger partial charge in [-0.05, 0) is 19.2 Å². The predicted molar refractivity (Wildman–Crippen MR) is 125 cm³/mol. The van der Waals surface area contributed by atoms with Gasteiger partial charge in [0.2, 0.25) is 0 Å². The molecule has 11 nitrogen and oxygen atoms in total. The number of carbonyl (C=O) groups excluding carboxylic acids is 2. The lowest BCUT2D eigenvalue weighted by atomic mass is 10.1. The van der Waals surface area contributed by atoms with Crippen LogP contribution in [-0.4, -0.2) is 99.6 Å². The summed E-state index contributed by atoms with van der Waals surface area (Å²) in [5, 5.41) is 5.45. The fraction of sp³-hybridized carbons (Fsp3) is 0.429. The summed E-state index contributed by atoms with van der Waals surface area (Å²) in [5.74, 6) is -0.419. The number of anilines is 1. The van der Waals surface area contributed by atoms with Crippen LogP contribution in [-0.2, 0) is 11.0 Å². The van der Waals surface area contributed by atoms with Gasteiger partial charge in [0.25, 0.3) is 5.91 Å². The van der Waals surface area contributed by atoms with Crippen molar-refractivity contribution in [3.05, 3.63) is 36.2 Å². The molecule has 2 saturated heterocycles. The first-order valence-electron chi connectivity index (χ1n) is 10.8. The number of nitrogens with one attached hydrogen (secondary N) is 2. The van der Waals surface area contributed by atoms with E-state index in [1.807, 2.05) is 28.6 Å². The summed E-state index contributed by atoms with van der Waals surface area (Å²) in [6.45, 7) is 5.20. The third-order valence-corrected chi connectivity index (χ3v) is 7.19. The van der Waals surface area contributed by atoms with Crippen molar-refractivity contribution in [2.75, 3.05) is 65.1 Å². The van der Waals surface area contributed by atoms with E-state index in [0.717, 1.165) is 36.6 Å². The third-order valence-electron chi connectivity index (χ3n) is 5.68. The predicted octanol–water partition coefficient (Wildman–Crippen LogP) is -0.249. The number of aromatic nitrogens is 2. The summed E-state index contributed by atoms with van der Waals surface area (Å²) in [5.41, 5.74) is 7.14. The second kappa shape index (κ2) is 10.2. The van der Waals surface area contributed by atoms with Crippen molar-refractivity contribution in [1.82, 2.24) is 34.7 Å². The fourth-order valence-corrected chi connectivity index (χ4v) is 4.82. The van der Waals surface area contributed by atoms with E-state index < -0.39 is 16.9 Å². The Hall–Kier alpha value is -3.09. The molecule has 12 heteroatoms. The highest BCUT2D eigenvalue weighted by Crippen LogP contribution is 2.21. The summed E-state index contributed by atoms with van der Waals surface area (Å²) in [6.07, 6.45) is 1.51. The molecule has 2 aliphatic heterocycles. The molecule has 0 spiro atoms. The van der Waals surface area contributed by atoms with Gasteiger partial charge < -0.3 is 26.2 Å². The van der Waals surface area contributed by atoms with E-state index in [9.17, 15) is 13.8 Å². The van der Waals surface area contributed by atoms with Gasteiger partial charge >= 0.3 is 6.03 Å². The Bertz CT molecular complexity index is 1040. The topological polar surface area (TPSA) is 137 Å². The van der Waals surface area contributed by atoms with E-state index in [4.69, 9.17) is 5.73 Å².